The molecule has 0 radical (unpaired) electrons. The molecule has 4 atom stereocenters. The Morgan fingerprint density at radius 2 is 0.852 bits per heavy atom. The minimum absolute atomic E-state index is 0.0667. The van der Waals surface area contributed by atoms with E-state index in [-0.39, 0.29) is 83.2 Å². The zero-order valence-corrected chi connectivity index (χ0v) is 54.8. The van der Waals surface area contributed by atoms with Gasteiger partial charge < -0.3 is 28.8 Å². The van der Waals surface area contributed by atoms with Crippen LogP contribution in [-0.4, -0.2) is 95.4 Å². The molecule has 2 aromatic heterocycles. The summed E-state index contributed by atoms with van der Waals surface area (Å²) in [6.07, 6.45) is 4.67. The van der Waals surface area contributed by atoms with Crippen molar-refractivity contribution in [2.75, 3.05) is 47.9 Å². The van der Waals surface area contributed by atoms with E-state index in [1.165, 1.54) is 33.4 Å². The molecule has 0 bridgehead atoms. The number of hydrogen-bond donors (Lipinski definition) is 1. The highest BCUT2D eigenvalue weighted by molar-refractivity contribution is 5.86. The smallest absolute Gasteiger partial charge is 0.306 e. The van der Waals surface area contributed by atoms with E-state index < -0.39 is 53.9 Å². The van der Waals surface area contributed by atoms with Crippen LogP contribution in [0.15, 0.2) is 82.6 Å². The molecular formula is C72H92F4N4O8. The number of carbonyl (C=O) groups is 4. The highest BCUT2D eigenvalue weighted by Crippen LogP contribution is 2.39. The Morgan fingerprint density at radius 3 is 1.17 bits per heavy atom. The second-order valence-electron chi connectivity index (χ2n) is 25.4. The molecule has 88 heavy (non-hydrogen) atoms. The van der Waals surface area contributed by atoms with Crippen molar-refractivity contribution in [2.45, 2.75) is 165 Å². The van der Waals surface area contributed by atoms with Gasteiger partial charge in [0.1, 0.15) is 23.3 Å². The quantitative estimate of drug-likeness (QED) is 0.0390. The van der Waals surface area contributed by atoms with Crippen LogP contribution in [0.3, 0.4) is 0 Å². The predicted molar refractivity (Wildman–Crippen MR) is 343 cm³/mol. The number of aliphatic carboxylic acids is 1. The van der Waals surface area contributed by atoms with Crippen LogP contribution in [-0.2, 0) is 36.8 Å². The number of nitrogens with zero attached hydrogens (tertiary/aromatic N) is 4. The molecule has 2 unspecified atom stereocenters. The Bertz CT molecular complexity index is 3570. The molecular weight excluding hydrogens is 1120 g/mol. The van der Waals surface area contributed by atoms with Gasteiger partial charge >= 0.3 is 11.9 Å². The van der Waals surface area contributed by atoms with Crippen LogP contribution in [0.5, 0.6) is 0 Å². The molecule has 0 aliphatic heterocycles. The number of halogens is 4. The number of esters is 1. The third-order valence-corrected chi connectivity index (χ3v) is 16.3. The third kappa shape index (κ3) is 19.1. The maximum Gasteiger partial charge on any atom is 0.306 e. The Balaban J connectivity index is 0.000000321. The first kappa shape index (κ1) is 71.5. The van der Waals surface area contributed by atoms with Crippen LogP contribution in [0.1, 0.15) is 164 Å². The molecule has 12 nitrogen and oxygen atoms in total. The Labute approximate surface area is 518 Å². The van der Waals surface area contributed by atoms with Gasteiger partial charge in [-0.15, -0.1) is 0 Å². The summed E-state index contributed by atoms with van der Waals surface area (Å²) in [5.41, 5.74) is 9.64. The fourth-order valence-corrected chi connectivity index (χ4v) is 11.9. The Kier molecular flexibility index (Phi) is 25.8. The van der Waals surface area contributed by atoms with Crippen LogP contribution in [0.4, 0.5) is 17.6 Å². The summed E-state index contributed by atoms with van der Waals surface area (Å²) in [5, 5.41) is 9.80. The summed E-state index contributed by atoms with van der Waals surface area (Å²) in [4.78, 5) is 83.7. The lowest BCUT2D eigenvalue weighted by atomic mass is 9.83. The summed E-state index contributed by atoms with van der Waals surface area (Å²) in [5.74, 6) is -5.71. The molecule has 0 fully saturated rings. The summed E-state index contributed by atoms with van der Waals surface area (Å²) >= 11 is 0. The molecule has 0 amide bonds. The van der Waals surface area contributed by atoms with Gasteiger partial charge in [0.05, 0.1) is 31.5 Å². The predicted octanol–water partition coefficient (Wildman–Crippen LogP) is 14.4. The van der Waals surface area contributed by atoms with Gasteiger partial charge in [0.15, 0.2) is 11.6 Å². The number of rotatable bonds is 27. The molecule has 6 rings (SSSR count). The van der Waals surface area contributed by atoms with Gasteiger partial charge in [-0.3, -0.25) is 28.8 Å². The summed E-state index contributed by atoms with van der Waals surface area (Å²) in [7, 11) is 7.89. The molecule has 0 saturated carbocycles. The average Bonchev–Trinajstić information content (AvgIpc) is 0.923. The third-order valence-electron chi connectivity index (χ3n) is 16.3. The summed E-state index contributed by atoms with van der Waals surface area (Å²) in [6, 6.07) is 13.8. The van der Waals surface area contributed by atoms with E-state index in [0.29, 0.717) is 70.2 Å². The molecule has 2 heterocycles. The number of carboxylic acids is 1. The monoisotopic (exact) mass is 1220 g/mol. The van der Waals surface area contributed by atoms with Gasteiger partial charge in [-0.05, 0) is 266 Å². The van der Waals surface area contributed by atoms with E-state index in [2.05, 4.69) is 4.90 Å². The Morgan fingerprint density at radius 1 is 0.500 bits per heavy atom. The van der Waals surface area contributed by atoms with Crippen LogP contribution < -0.4 is 11.1 Å². The second kappa shape index (κ2) is 31.7. The van der Waals surface area contributed by atoms with E-state index in [1.807, 2.05) is 74.6 Å². The number of benzene rings is 4. The highest BCUT2D eigenvalue weighted by Gasteiger charge is 2.33. The number of aromatic nitrogens is 2. The zero-order chi connectivity index (χ0) is 65.8. The van der Waals surface area contributed by atoms with E-state index in [9.17, 15) is 42.7 Å². The Hall–Kier alpha value is -7.30. The fraction of sp³-hybridized carbons (Fsp3) is 0.472. The number of carboxylic acid groups (broad SMARTS) is 1. The van der Waals surface area contributed by atoms with Crippen molar-refractivity contribution in [3.63, 3.8) is 0 Å². The molecule has 6 aromatic rings. The van der Waals surface area contributed by atoms with Crippen molar-refractivity contribution < 1.29 is 46.6 Å². The number of hydrogen-bond acceptors (Lipinski definition) is 9. The zero-order valence-electron chi connectivity index (χ0n) is 54.8. The number of likely N-dealkylation sites (N-methyl/N-ethyl adjacent to an activating group) is 2. The van der Waals surface area contributed by atoms with Gasteiger partial charge in [0, 0.05) is 62.3 Å². The SMILES string of the molecule is CCOC(=O)C[C@H](CC(=O)C(CC(C)C)n1cc(CCN(C)C)c(C)cc1=O)c1cc(-c2c(C)cc(F)cc2C)cc(C)c1F.Cc1cc(=O)n(C(CC(C)C)C(=O)C[C@@H](CC(=O)O)c2cc(-c3c(C)cc(F)cc3C)cc(C)c2F)cc1CCN(C)C. The molecule has 0 aliphatic carbocycles. The fourth-order valence-electron chi connectivity index (χ4n) is 11.9. The first-order chi connectivity index (χ1) is 41.2. The second-order valence-corrected chi connectivity index (χ2v) is 25.4. The standard InChI is InChI=1S/C37H48F2N2O4.C35H44F2N2O4/c1-10-45-35(44)20-28(31-18-29(14-26(7)37(31)39)36-24(5)15-30(38)16-25(36)6)19-33(42)32(13-22(2)3)41-21-27(11-12-40(8)9)23(4)17-34(41)43;1-20(2)11-30(39-19-25(9-10-38(7)8)21(3)15-32(39)41)31(40)17-26(18-33(42)43)29-16-27(12-24(6)35(29)37)34-22(4)13-28(36)14-23(34)5/h14-18,21-22,28,32H,10-13,19-20H2,1-9H3;12-16,19-20,26,30H,9-11,17-18H2,1-8H3,(H,42,43)/t28-,32?;26-,30?/m00/s1. The lowest BCUT2D eigenvalue weighted by molar-refractivity contribution is -0.144. The van der Waals surface area contributed by atoms with Gasteiger partial charge in [-0.2, -0.15) is 0 Å². The van der Waals surface area contributed by atoms with E-state index in [0.717, 1.165) is 46.5 Å². The van der Waals surface area contributed by atoms with E-state index >= 15 is 8.78 Å². The number of carbonyl (C=O) groups excluding carboxylic acids is 3. The maximum absolute atomic E-state index is 16.0. The van der Waals surface area contributed by atoms with Crippen molar-refractivity contribution >= 4 is 23.5 Å². The molecule has 1 N–H and O–H groups in total. The minimum Gasteiger partial charge on any atom is -0.481 e. The summed E-state index contributed by atoms with van der Waals surface area (Å²) in [6.45, 7) is 25.4. The van der Waals surface area contributed by atoms with Crippen molar-refractivity contribution in [3.8, 4) is 22.3 Å². The number of Topliss-reactive ketones (excluding diaryl/α,β-unsaturated/α-hetero) is 2. The van der Waals surface area contributed by atoms with E-state index in [1.54, 1.807) is 97.3 Å². The average molecular weight is 1220 g/mol. The largest absolute Gasteiger partial charge is 0.481 e. The van der Waals surface area contributed by atoms with Crippen LogP contribution in [0.25, 0.3) is 22.3 Å². The van der Waals surface area contributed by atoms with Crippen LogP contribution in [0.2, 0.25) is 0 Å². The molecule has 476 valence electrons. The first-order valence-electron chi connectivity index (χ1n) is 30.5. The maximum atomic E-state index is 16.0. The molecule has 4 aromatic carbocycles. The number of ketones is 2. The van der Waals surface area contributed by atoms with Crippen LogP contribution in [0, 0.1) is 90.5 Å². The molecule has 0 saturated heterocycles. The lowest BCUT2D eigenvalue weighted by Crippen LogP contribution is -2.32. The van der Waals surface area contributed by atoms with Crippen molar-refractivity contribution in [3.05, 3.63) is 184 Å². The van der Waals surface area contributed by atoms with Gasteiger partial charge in [-0.1, -0.05) is 27.7 Å². The number of ether oxygens (including phenoxy) is 1. The number of aryl methyl sites for hydroxylation is 8. The highest BCUT2D eigenvalue weighted by atomic mass is 19.1. The first-order valence-corrected chi connectivity index (χ1v) is 30.5. The summed E-state index contributed by atoms with van der Waals surface area (Å²) < 4.78 is 68.1. The van der Waals surface area contributed by atoms with Gasteiger partial charge in [-0.25, -0.2) is 17.6 Å². The lowest BCUT2D eigenvalue weighted by Gasteiger charge is -2.25. The normalized spacial score (nSPS) is 13.0. The van der Waals surface area contributed by atoms with Crippen molar-refractivity contribution in [1.82, 2.24) is 18.9 Å². The molecule has 16 heteroatoms. The van der Waals surface area contributed by atoms with Crippen LogP contribution >= 0.6 is 0 Å². The van der Waals surface area contributed by atoms with Gasteiger partial charge in [0.25, 0.3) is 11.1 Å². The van der Waals surface area contributed by atoms with E-state index in [4.69, 9.17) is 4.74 Å². The van der Waals surface area contributed by atoms with Gasteiger partial charge in [0.2, 0.25) is 0 Å². The van der Waals surface area contributed by atoms with Crippen molar-refractivity contribution in [1.29, 1.82) is 0 Å². The molecule has 0 aliphatic rings. The molecule has 0 spiro atoms. The van der Waals surface area contributed by atoms with Crippen molar-refractivity contribution in [2.24, 2.45) is 11.8 Å². The minimum atomic E-state index is -1.16. The number of pyridine rings is 2. The topological polar surface area (TPSA) is 148 Å².